The smallest absolute Gasteiger partial charge is 0.333 e. The van der Waals surface area contributed by atoms with Gasteiger partial charge in [-0.05, 0) is 32.6 Å². The van der Waals surface area contributed by atoms with Crippen molar-refractivity contribution in [1.29, 1.82) is 0 Å². The van der Waals surface area contributed by atoms with Gasteiger partial charge in [-0.3, -0.25) is 5.09 Å². The first-order chi connectivity index (χ1) is 7.33. The van der Waals surface area contributed by atoms with Crippen molar-refractivity contribution < 1.29 is 14.1 Å². The van der Waals surface area contributed by atoms with Crippen molar-refractivity contribution in [1.82, 2.24) is 5.09 Å². The van der Waals surface area contributed by atoms with E-state index in [0.29, 0.717) is 5.76 Å². The normalized spacial score (nSPS) is 15.8. The zero-order valence-corrected chi connectivity index (χ0v) is 12.3. The SMILES string of the molecule is COC(=O)/C=C(\C)OP(=S)(CCl)NC(C)C. The van der Waals surface area contributed by atoms with Gasteiger partial charge < -0.3 is 9.26 Å². The molecule has 0 fully saturated rings. The number of esters is 1. The van der Waals surface area contributed by atoms with E-state index in [1.54, 1.807) is 6.92 Å². The lowest BCUT2D eigenvalue weighted by Crippen LogP contribution is -2.21. The predicted molar refractivity (Wildman–Crippen MR) is 70.1 cm³/mol. The third-order valence-corrected chi connectivity index (χ3v) is 5.60. The summed E-state index contributed by atoms with van der Waals surface area (Å²) in [4.78, 5) is 11.0. The minimum atomic E-state index is -2.31. The van der Waals surface area contributed by atoms with Crippen LogP contribution in [0.4, 0.5) is 0 Å². The molecule has 0 amide bonds. The van der Waals surface area contributed by atoms with Crippen molar-refractivity contribution in [2.24, 2.45) is 0 Å². The lowest BCUT2D eigenvalue weighted by atomic mass is 10.4. The molecule has 0 heterocycles. The van der Waals surface area contributed by atoms with E-state index in [9.17, 15) is 4.79 Å². The number of nitrogens with one attached hydrogen (secondary N) is 1. The van der Waals surface area contributed by atoms with E-state index in [0.717, 1.165) is 0 Å². The number of carbonyl (C=O) groups excluding carboxylic acids is 1. The number of hydrogen-bond acceptors (Lipinski definition) is 4. The van der Waals surface area contributed by atoms with Crippen LogP contribution in [0, 0.1) is 0 Å². The van der Waals surface area contributed by atoms with Gasteiger partial charge in [0.05, 0.1) is 18.8 Å². The fraction of sp³-hybridized carbons (Fsp3) is 0.667. The van der Waals surface area contributed by atoms with Crippen molar-refractivity contribution in [3.05, 3.63) is 11.8 Å². The molecule has 0 spiro atoms. The van der Waals surface area contributed by atoms with Crippen LogP contribution in [0.1, 0.15) is 20.8 Å². The monoisotopic (exact) mass is 285 g/mol. The van der Waals surface area contributed by atoms with E-state index >= 15 is 0 Å². The molecule has 0 aromatic carbocycles. The topological polar surface area (TPSA) is 47.6 Å². The van der Waals surface area contributed by atoms with Gasteiger partial charge in [0.1, 0.15) is 5.76 Å². The molecule has 0 aliphatic heterocycles. The zero-order chi connectivity index (χ0) is 12.8. The van der Waals surface area contributed by atoms with Gasteiger partial charge in [-0.15, -0.1) is 11.6 Å². The molecular weight excluding hydrogens is 269 g/mol. The van der Waals surface area contributed by atoms with Gasteiger partial charge >= 0.3 is 5.97 Å². The van der Waals surface area contributed by atoms with E-state index in [4.69, 9.17) is 27.9 Å². The summed E-state index contributed by atoms with van der Waals surface area (Å²) in [5.41, 5.74) is 0.201. The number of alkyl halides is 1. The van der Waals surface area contributed by atoms with E-state index in [1.807, 2.05) is 13.8 Å². The molecule has 0 rings (SSSR count). The number of halogens is 1. The first-order valence-electron chi connectivity index (χ1n) is 4.71. The molecule has 0 saturated heterocycles. The number of carbonyl (C=O) groups is 1. The zero-order valence-electron chi connectivity index (χ0n) is 9.82. The Morgan fingerprint density at radius 2 is 2.19 bits per heavy atom. The van der Waals surface area contributed by atoms with E-state index < -0.39 is 12.4 Å². The number of allylic oxidation sites excluding steroid dienone is 1. The van der Waals surface area contributed by atoms with E-state index in [1.165, 1.54) is 13.2 Å². The summed E-state index contributed by atoms with van der Waals surface area (Å²) in [5.74, 6) is -0.0675. The second kappa shape index (κ2) is 7.28. The van der Waals surface area contributed by atoms with Crippen molar-refractivity contribution >= 4 is 35.8 Å². The van der Waals surface area contributed by atoms with Gasteiger partial charge in [0, 0.05) is 6.04 Å². The highest BCUT2D eigenvalue weighted by molar-refractivity contribution is 8.11. The molecule has 1 unspecified atom stereocenters. The van der Waals surface area contributed by atoms with Crippen LogP contribution < -0.4 is 5.09 Å². The molecule has 16 heavy (non-hydrogen) atoms. The molecule has 0 aromatic heterocycles. The standard InChI is InChI=1S/C9H17ClNO3PS/c1-7(2)11-15(16,6-10)14-8(3)5-9(12)13-4/h5,7H,6H2,1-4H3,(H,11,16)/b8-5+. The molecule has 94 valence electrons. The van der Waals surface area contributed by atoms with Crippen molar-refractivity contribution in [3.63, 3.8) is 0 Å². The van der Waals surface area contributed by atoms with Crippen LogP contribution in [-0.2, 0) is 25.9 Å². The van der Waals surface area contributed by atoms with Gasteiger partial charge in [0.2, 0.25) is 0 Å². The fourth-order valence-electron chi connectivity index (χ4n) is 0.962. The summed E-state index contributed by atoms with van der Waals surface area (Å²) in [5, 5.41) is 3.11. The van der Waals surface area contributed by atoms with Crippen LogP contribution in [-0.4, -0.2) is 24.7 Å². The van der Waals surface area contributed by atoms with Crippen LogP contribution in [0.15, 0.2) is 11.8 Å². The predicted octanol–water partition coefficient (Wildman–Crippen LogP) is 2.58. The molecule has 4 nitrogen and oxygen atoms in total. The number of hydrogen-bond donors (Lipinski definition) is 1. The highest BCUT2D eigenvalue weighted by atomic mass is 35.5. The molecule has 0 aliphatic rings. The molecular formula is C9H17ClNO3PS. The Kier molecular flexibility index (Phi) is 7.24. The maximum Gasteiger partial charge on any atom is 0.333 e. The summed E-state index contributed by atoms with van der Waals surface area (Å²) >= 11 is 11.1. The summed E-state index contributed by atoms with van der Waals surface area (Å²) in [6.45, 7) is 5.55. The van der Waals surface area contributed by atoms with Gasteiger partial charge in [-0.1, -0.05) is 0 Å². The second-order valence-electron chi connectivity index (χ2n) is 3.45. The van der Waals surface area contributed by atoms with Gasteiger partial charge in [-0.25, -0.2) is 4.79 Å². The molecule has 0 bridgehead atoms. The molecule has 0 radical (unpaired) electrons. The first-order valence-corrected chi connectivity index (χ1v) is 8.15. The van der Waals surface area contributed by atoms with Gasteiger partial charge in [0.15, 0.2) is 6.42 Å². The Hall–Kier alpha value is -0.0900. The van der Waals surface area contributed by atoms with Crippen LogP contribution in [0.25, 0.3) is 0 Å². The van der Waals surface area contributed by atoms with E-state index in [-0.39, 0.29) is 11.7 Å². The Morgan fingerprint density at radius 3 is 2.56 bits per heavy atom. The number of ether oxygens (including phenoxy) is 1. The molecule has 0 saturated carbocycles. The largest absolute Gasteiger partial charge is 0.466 e. The fourth-order valence-corrected chi connectivity index (χ4v) is 3.78. The maximum absolute atomic E-state index is 11.0. The first kappa shape index (κ1) is 15.9. The lowest BCUT2D eigenvalue weighted by molar-refractivity contribution is -0.135. The molecule has 1 atom stereocenters. The Morgan fingerprint density at radius 1 is 1.62 bits per heavy atom. The van der Waals surface area contributed by atoms with Crippen molar-refractivity contribution in [2.75, 3.05) is 12.7 Å². The Bertz CT molecular complexity index is 320. The number of methoxy groups -OCH3 is 1. The summed E-state index contributed by atoms with van der Waals surface area (Å²) < 4.78 is 9.99. The highest BCUT2D eigenvalue weighted by Crippen LogP contribution is 2.46. The third-order valence-electron chi connectivity index (χ3n) is 1.43. The van der Waals surface area contributed by atoms with E-state index in [2.05, 4.69) is 9.82 Å². The minimum absolute atomic E-state index is 0.176. The van der Waals surface area contributed by atoms with Crippen LogP contribution in [0.2, 0.25) is 0 Å². The number of rotatable bonds is 6. The average molecular weight is 286 g/mol. The summed E-state index contributed by atoms with van der Waals surface area (Å²) in [7, 11) is 1.30. The van der Waals surface area contributed by atoms with Crippen LogP contribution >= 0.6 is 18.0 Å². The average Bonchev–Trinajstić information content (AvgIpc) is 2.15. The maximum atomic E-state index is 11.0. The summed E-state index contributed by atoms with van der Waals surface area (Å²) in [6, 6.07) is 0.176. The molecule has 0 aliphatic carbocycles. The second-order valence-corrected chi connectivity index (χ2v) is 7.96. The van der Waals surface area contributed by atoms with Crippen molar-refractivity contribution in [2.45, 2.75) is 26.8 Å². The third kappa shape index (κ3) is 6.48. The van der Waals surface area contributed by atoms with Gasteiger partial charge in [-0.2, -0.15) is 0 Å². The summed E-state index contributed by atoms with van der Waals surface area (Å²) in [6.07, 6.45) is -1.06. The van der Waals surface area contributed by atoms with Crippen LogP contribution in [0.5, 0.6) is 0 Å². The molecule has 7 heteroatoms. The Labute approximate surface area is 106 Å². The van der Waals surface area contributed by atoms with Crippen LogP contribution in [0.3, 0.4) is 0 Å². The quantitative estimate of drug-likeness (QED) is 0.267. The lowest BCUT2D eigenvalue weighted by Gasteiger charge is -2.24. The Balaban J connectivity index is 4.60. The van der Waals surface area contributed by atoms with Gasteiger partial charge in [0.25, 0.3) is 0 Å². The minimum Gasteiger partial charge on any atom is -0.466 e. The highest BCUT2D eigenvalue weighted by Gasteiger charge is 2.19. The molecule has 0 aromatic rings. The van der Waals surface area contributed by atoms with Crippen molar-refractivity contribution in [3.8, 4) is 0 Å². The molecule has 1 N–H and O–H groups in total.